The van der Waals surface area contributed by atoms with Gasteiger partial charge in [-0.25, -0.2) is 18.2 Å². The van der Waals surface area contributed by atoms with Crippen molar-refractivity contribution < 1.29 is 22.7 Å². The number of rotatable bonds is 4. The van der Waals surface area contributed by atoms with Crippen molar-refractivity contribution in [3.63, 3.8) is 0 Å². The first-order valence-electron chi connectivity index (χ1n) is 8.97. The standard InChI is InChI=1S/C22H19NO5S/c1-22(2)18(15-8-10-16(11-9-15)29(3,25)26)19(21(24)28-22)27-20-17-7-5-4-6-14(17)12-13-23-20/h4-13H,1-3H3. The molecule has 6 nitrogen and oxygen atoms in total. The second-order valence-corrected chi connectivity index (χ2v) is 9.36. The van der Waals surface area contributed by atoms with Gasteiger partial charge in [0.05, 0.1) is 10.5 Å². The number of hydrogen-bond acceptors (Lipinski definition) is 6. The van der Waals surface area contributed by atoms with Gasteiger partial charge in [-0.15, -0.1) is 0 Å². The van der Waals surface area contributed by atoms with Crippen LogP contribution < -0.4 is 4.74 Å². The number of cyclic esters (lactones) is 1. The van der Waals surface area contributed by atoms with Crippen LogP contribution in [0.5, 0.6) is 5.88 Å². The Balaban J connectivity index is 1.84. The fourth-order valence-electron chi connectivity index (χ4n) is 3.41. The van der Waals surface area contributed by atoms with Crippen molar-refractivity contribution in [1.29, 1.82) is 0 Å². The van der Waals surface area contributed by atoms with Gasteiger partial charge in [0.15, 0.2) is 9.84 Å². The number of aromatic nitrogens is 1. The van der Waals surface area contributed by atoms with E-state index in [1.54, 1.807) is 32.2 Å². The number of carbonyl (C=O) groups excluding carboxylic acids is 1. The van der Waals surface area contributed by atoms with Crippen LogP contribution in [0.4, 0.5) is 0 Å². The minimum atomic E-state index is -3.32. The number of hydrogen-bond donors (Lipinski definition) is 0. The van der Waals surface area contributed by atoms with Crippen molar-refractivity contribution in [2.24, 2.45) is 0 Å². The van der Waals surface area contributed by atoms with Crippen LogP contribution in [0.15, 0.2) is 71.4 Å². The highest BCUT2D eigenvalue weighted by atomic mass is 32.2. The Morgan fingerprint density at radius 3 is 2.38 bits per heavy atom. The summed E-state index contributed by atoms with van der Waals surface area (Å²) in [5, 5.41) is 1.70. The molecule has 2 aromatic carbocycles. The zero-order valence-electron chi connectivity index (χ0n) is 16.2. The minimum Gasteiger partial charge on any atom is -0.449 e. The van der Waals surface area contributed by atoms with E-state index in [1.165, 1.54) is 12.1 Å². The average molecular weight is 409 g/mol. The normalized spacial score (nSPS) is 16.2. The molecular weight excluding hydrogens is 390 g/mol. The first-order valence-corrected chi connectivity index (χ1v) is 10.9. The molecule has 1 aromatic heterocycles. The molecule has 0 atom stereocenters. The van der Waals surface area contributed by atoms with Crippen molar-refractivity contribution in [2.45, 2.75) is 24.3 Å². The molecule has 0 saturated heterocycles. The molecule has 0 bridgehead atoms. The second kappa shape index (κ2) is 6.70. The second-order valence-electron chi connectivity index (χ2n) is 7.34. The predicted octanol–water partition coefficient (Wildman–Crippen LogP) is 3.76. The van der Waals surface area contributed by atoms with Crippen LogP contribution in [-0.4, -0.2) is 31.2 Å². The number of ether oxygens (including phenoxy) is 2. The molecule has 0 spiro atoms. The third kappa shape index (κ3) is 3.49. The van der Waals surface area contributed by atoms with Crippen LogP contribution in [0, 0.1) is 0 Å². The van der Waals surface area contributed by atoms with Gasteiger partial charge in [0.25, 0.3) is 0 Å². The topological polar surface area (TPSA) is 82.6 Å². The number of nitrogens with zero attached hydrogens (tertiary/aromatic N) is 1. The Morgan fingerprint density at radius 1 is 1.00 bits per heavy atom. The third-order valence-electron chi connectivity index (χ3n) is 4.77. The molecule has 0 unspecified atom stereocenters. The highest BCUT2D eigenvalue weighted by Gasteiger charge is 2.43. The van der Waals surface area contributed by atoms with Crippen LogP contribution in [0.3, 0.4) is 0 Å². The lowest BCUT2D eigenvalue weighted by Gasteiger charge is -2.21. The number of fused-ring (bicyclic) bond motifs is 1. The smallest absolute Gasteiger partial charge is 0.375 e. The van der Waals surface area contributed by atoms with E-state index >= 15 is 0 Å². The summed E-state index contributed by atoms with van der Waals surface area (Å²) < 4.78 is 35.0. The van der Waals surface area contributed by atoms with Crippen molar-refractivity contribution in [3.05, 3.63) is 72.1 Å². The summed E-state index contributed by atoms with van der Waals surface area (Å²) in [6, 6.07) is 15.7. The van der Waals surface area contributed by atoms with Crippen molar-refractivity contribution in [2.75, 3.05) is 6.26 Å². The van der Waals surface area contributed by atoms with Gasteiger partial charge in [-0.05, 0) is 49.1 Å². The van der Waals surface area contributed by atoms with Gasteiger partial charge in [-0.3, -0.25) is 0 Å². The molecule has 0 saturated carbocycles. The van der Waals surface area contributed by atoms with Crippen LogP contribution in [0.25, 0.3) is 16.3 Å². The summed E-state index contributed by atoms with van der Waals surface area (Å²) >= 11 is 0. The fourth-order valence-corrected chi connectivity index (χ4v) is 4.05. The summed E-state index contributed by atoms with van der Waals surface area (Å²) in [5.41, 5.74) is 0.240. The Bertz CT molecular complexity index is 1250. The molecule has 0 aliphatic carbocycles. The van der Waals surface area contributed by atoms with E-state index in [0.29, 0.717) is 17.0 Å². The highest BCUT2D eigenvalue weighted by molar-refractivity contribution is 7.90. The van der Waals surface area contributed by atoms with Crippen molar-refractivity contribution >= 4 is 32.2 Å². The maximum absolute atomic E-state index is 12.6. The molecule has 1 aliphatic heterocycles. The molecule has 0 radical (unpaired) electrons. The summed E-state index contributed by atoms with van der Waals surface area (Å²) in [7, 11) is -3.32. The fraction of sp³-hybridized carbons (Fsp3) is 0.182. The first-order chi connectivity index (χ1) is 13.7. The molecule has 0 amide bonds. The van der Waals surface area contributed by atoms with Crippen LogP contribution in [0.2, 0.25) is 0 Å². The van der Waals surface area contributed by atoms with Gasteiger partial charge in [0.2, 0.25) is 11.6 Å². The molecule has 0 fully saturated rings. The SMILES string of the molecule is CC1(C)OC(=O)C(Oc2nccc3ccccc23)=C1c1ccc(S(C)(=O)=O)cc1. The Kier molecular flexibility index (Phi) is 4.42. The lowest BCUT2D eigenvalue weighted by molar-refractivity contribution is -0.145. The summed E-state index contributed by atoms with van der Waals surface area (Å²) in [4.78, 5) is 17.1. The van der Waals surface area contributed by atoms with Crippen molar-refractivity contribution in [1.82, 2.24) is 4.98 Å². The molecule has 7 heteroatoms. The molecule has 0 N–H and O–H groups in total. The zero-order valence-corrected chi connectivity index (χ0v) is 17.0. The predicted molar refractivity (Wildman–Crippen MR) is 109 cm³/mol. The van der Waals surface area contributed by atoms with E-state index < -0.39 is 21.4 Å². The molecule has 3 aromatic rings. The highest BCUT2D eigenvalue weighted by Crippen LogP contribution is 2.41. The number of sulfone groups is 1. The molecule has 4 rings (SSSR count). The van der Waals surface area contributed by atoms with Gasteiger partial charge in [0, 0.05) is 17.8 Å². The molecule has 148 valence electrons. The van der Waals surface area contributed by atoms with E-state index in [9.17, 15) is 13.2 Å². The first kappa shape index (κ1) is 19.1. The quantitative estimate of drug-likeness (QED) is 0.610. The van der Waals surface area contributed by atoms with E-state index in [0.717, 1.165) is 17.0 Å². The van der Waals surface area contributed by atoms with Crippen LogP contribution in [-0.2, 0) is 19.4 Å². The van der Waals surface area contributed by atoms with Crippen molar-refractivity contribution in [3.8, 4) is 5.88 Å². The number of benzene rings is 2. The Labute approximate surface area is 168 Å². The average Bonchev–Trinajstić information content (AvgIpc) is 2.89. The van der Waals surface area contributed by atoms with E-state index in [1.807, 2.05) is 30.3 Å². The van der Waals surface area contributed by atoms with Gasteiger partial charge in [-0.1, -0.05) is 30.3 Å². The lowest BCUT2D eigenvalue weighted by Crippen LogP contribution is -2.22. The zero-order chi connectivity index (χ0) is 20.8. The van der Waals surface area contributed by atoms with E-state index in [-0.39, 0.29) is 10.7 Å². The van der Waals surface area contributed by atoms with Crippen LogP contribution >= 0.6 is 0 Å². The van der Waals surface area contributed by atoms with Gasteiger partial charge < -0.3 is 9.47 Å². The minimum absolute atomic E-state index is 0.0472. The Hall–Kier alpha value is -3.19. The summed E-state index contributed by atoms with van der Waals surface area (Å²) in [5.74, 6) is -0.240. The molecular formula is C22H19NO5S. The maximum Gasteiger partial charge on any atom is 0.375 e. The molecule has 29 heavy (non-hydrogen) atoms. The lowest BCUT2D eigenvalue weighted by atomic mass is 9.92. The number of esters is 1. The third-order valence-corrected chi connectivity index (χ3v) is 5.90. The largest absolute Gasteiger partial charge is 0.449 e. The number of pyridine rings is 1. The van der Waals surface area contributed by atoms with E-state index in [2.05, 4.69) is 4.98 Å². The number of carbonyl (C=O) groups is 1. The van der Waals surface area contributed by atoms with Gasteiger partial charge >= 0.3 is 5.97 Å². The maximum atomic E-state index is 12.6. The van der Waals surface area contributed by atoms with E-state index in [4.69, 9.17) is 9.47 Å². The summed E-state index contributed by atoms with van der Waals surface area (Å²) in [6.45, 7) is 3.52. The molecule has 2 heterocycles. The Morgan fingerprint density at radius 2 is 1.69 bits per heavy atom. The van der Waals surface area contributed by atoms with Gasteiger partial charge in [0.1, 0.15) is 5.60 Å². The molecule has 1 aliphatic rings. The summed E-state index contributed by atoms with van der Waals surface area (Å²) in [6.07, 6.45) is 2.76. The van der Waals surface area contributed by atoms with Gasteiger partial charge in [-0.2, -0.15) is 0 Å². The van der Waals surface area contributed by atoms with Crippen LogP contribution in [0.1, 0.15) is 19.4 Å². The monoisotopic (exact) mass is 409 g/mol.